The van der Waals surface area contributed by atoms with Gasteiger partial charge in [-0.05, 0) is 30.3 Å². The van der Waals surface area contributed by atoms with Crippen LogP contribution in [0.25, 0.3) is 11.0 Å². The number of anilines is 1. The molecule has 116 valence electrons. The molecule has 0 saturated carbocycles. The molecule has 0 fully saturated rings. The maximum atomic E-state index is 12.4. The molecule has 0 unspecified atom stereocenters. The van der Waals surface area contributed by atoms with E-state index in [9.17, 15) is 9.59 Å². The van der Waals surface area contributed by atoms with Crippen molar-refractivity contribution in [1.82, 2.24) is 9.97 Å². The van der Waals surface area contributed by atoms with Crippen molar-refractivity contribution in [3.63, 3.8) is 0 Å². The van der Waals surface area contributed by atoms with E-state index in [0.717, 1.165) is 23.3 Å². The zero-order valence-electron chi connectivity index (χ0n) is 12.6. The molecule has 2 aromatic carbocycles. The SMILES string of the molecule is CCc1nc2ccc(C(=O)Nc3ccccc3C(N)=O)cc2[nH]1. The van der Waals surface area contributed by atoms with E-state index in [1.807, 2.05) is 6.92 Å². The molecule has 1 aromatic heterocycles. The lowest BCUT2D eigenvalue weighted by molar-refractivity contribution is 0.100. The number of aromatic nitrogens is 2. The summed E-state index contributed by atoms with van der Waals surface area (Å²) in [6.45, 7) is 2.01. The van der Waals surface area contributed by atoms with E-state index >= 15 is 0 Å². The second-order valence-electron chi connectivity index (χ2n) is 5.13. The minimum Gasteiger partial charge on any atom is -0.366 e. The summed E-state index contributed by atoms with van der Waals surface area (Å²) in [4.78, 5) is 31.4. The van der Waals surface area contributed by atoms with E-state index in [1.165, 1.54) is 0 Å². The smallest absolute Gasteiger partial charge is 0.255 e. The third kappa shape index (κ3) is 2.91. The van der Waals surface area contributed by atoms with Gasteiger partial charge in [-0.2, -0.15) is 0 Å². The van der Waals surface area contributed by atoms with E-state index in [2.05, 4.69) is 15.3 Å². The number of nitrogens with zero attached hydrogens (tertiary/aromatic N) is 1. The highest BCUT2D eigenvalue weighted by molar-refractivity contribution is 6.09. The number of nitrogens with one attached hydrogen (secondary N) is 2. The largest absolute Gasteiger partial charge is 0.366 e. The third-order valence-corrected chi connectivity index (χ3v) is 3.57. The van der Waals surface area contributed by atoms with Crippen LogP contribution in [0.4, 0.5) is 5.69 Å². The highest BCUT2D eigenvalue weighted by atomic mass is 16.2. The van der Waals surface area contributed by atoms with Crippen LogP contribution in [0.2, 0.25) is 0 Å². The third-order valence-electron chi connectivity index (χ3n) is 3.57. The molecule has 0 aliphatic carbocycles. The first kappa shape index (κ1) is 14.8. The van der Waals surface area contributed by atoms with Gasteiger partial charge in [0.2, 0.25) is 0 Å². The average molecular weight is 308 g/mol. The Kier molecular flexibility index (Phi) is 3.80. The lowest BCUT2D eigenvalue weighted by Crippen LogP contribution is -2.18. The normalized spacial score (nSPS) is 10.7. The standard InChI is InChI=1S/C17H16N4O2/c1-2-15-19-13-8-7-10(9-14(13)20-15)17(23)21-12-6-4-3-5-11(12)16(18)22/h3-9H,2H2,1H3,(H2,18,22)(H,19,20)(H,21,23). The Labute approximate surface area is 132 Å². The molecule has 0 aliphatic rings. The number of para-hydroxylation sites is 1. The number of hydrogen-bond acceptors (Lipinski definition) is 3. The van der Waals surface area contributed by atoms with Crippen molar-refractivity contribution in [3.8, 4) is 0 Å². The average Bonchev–Trinajstić information content (AvgIpc) is 2.97. The summed E-state index contributed by atoms with van der Waals surface area (Å²) in [6.07, 6.45) is 0.794. The minimum atomic E-state index is -0.586. The fraction of sp³-hybridized carbons (Fsp3) is 0.118. The maximum absolute atomic E-state index is 12.4. The first-order chi connectivity index (χ1) is 11.1. The maximum Gasteiger partial charge on any atom is 0.255 e. The van der Waals surface area contributed by atoms with Crippen LogP contribution in [0.3, 0.4) is 0 Å². The van der Waals surface area contributed by atoms with Gasteiger partial charge in [-0.1, -0.05) is 19.1 Å². The summed E-state index contributed by atoms with van der Waals surface area (Å²) in [5.74, 6) is -0.0256. The Hall–Kier alpha value is -3.15. The molecule has 3 rings (SSSR count). The second-order valence-corrected chi connectivity index (χ2v) is 5.13. The van der Waals surface area contributed by atoms with Gasteiger partial charge in [-0.15, -0.1) is 0 Å². The van der Waals surface area contributed by atoms with Crippen LogP contribution >= 0.6 is 0 Å². The summed E-state index contributed by atoms with van der Waals surface area (Å²) in [7, 11) is 0. The Morgan fingerprint density at radius 1 is 1.22 bits per heavy atom. The van der Waals surface area contributed by atoms with Gasteiger partial charge in [0.05, 0.1) is 22.3 Å². The predicted molar refractivity (Wildman–Crippen MR) is 88.4 cm³/mol. The predicted octanol–water partition coefficient (Wildman–Crippen LogP) is 2.48. The molecule has 0 saturated heterocycles. The van der Waals surface area contributed by atoms with Gasteiger partial charge >= 0.3 is 0 Å². The number of nitrogens with two attached hydrogens (primary N) is 1. The Morgan fingerprint density at radius 2 is 2.00 bits per heavy atom. The van der Waals surface area contributed by atoms with Crippen molar-refractivity contribution in [2.75, 3.05) is 5.32 Å². The molecule has 2 amide bonds. The van der Waals surface area contributed by atoms with E-state index < -0.39 is 5.91 Å². The molecule has 0 radical (unpaired) electrons. The van der Waals surface area contributed by atoms with Crippen molar-refractivity contribution < 1.29 is 9.59 Å². The van der Waals surface area contributed by atoms with Gasteiger partial charge in [0.15, 0.2) is 0 Å². The Balaban J connectivity index is 1.90. The first-order valence-electron chi connectivity index (χ1n) is 7.27. The van der Waals surface area contributed by atoms with Crippen LogP contribution in [-0.2, 0) is 6.42 Å². The molecular weight excluding hydrogens is 292 g/mol. The van der Waals surface area contributed by atoms with Gasteiger partial charge in [0.1, 0.15) is 5.82 Å². The fourth-order valence-electron chi connectivity index (χ4n) is 2.37. The summed E-state index contributed by atoms with van der Waals surface area (Å²) in [5.41, 5.74) is 8.08. The molecule has 0 bridgehead atoms. The molecule has 3 aromatic rings. The lowest BCUT2D eigenvalue weighted by atomic mass is 10.1. The van der Waals surface area contributed by atoms with Crippen molar-refractivity contribution in [2.45, 2.75) is 13.3 Å². The van der Waals surface area contributed by atoms with Crippen LogP contribution in [0.5, 0.6) is 0 Å². The Morgan fingerprint density at radius 3 is 2.74 bits per heavy atom. The second kappa shape index (κ2) is 5.92. The van der Waals surface area contributed by atoms with Crippen molar-refractivity contribution in [1.29, 1.82) is 0 Å². The van der Waals surface area contributed by atoms with Gasteiger partial charge in [-0.25, -0.2) is 4.98 Å². The van der Waals surface area contributed by atoms with Gasteiger partial charge < -0.3 is 16.0 Å². The zero-order valence-corrected chi connectivity index (χ0v) is 12.6. The molecule has 4 N–H and O–H groups in total. The number of carbonyl (C=O) groups is 2. The quantitative estimate of drug-likeness (QED) is 0.690. The Bertz CT molecular complexity index is 898. The van der Waals surface area contributed by atoms with Crippen LogP contribution in [0, 0.1) is 0 Å². The van der Waals surface area contributed by atoms with E-state index in [4.69, 9.17) is 5.73 Å². The summed E-state index contributed by atoms with van der Waals surface area (Å²) < 4.78 is 0. The number of primary amides is 1. The van der Waals surface area contributed by atoms with Gasteiger partial charge in [-0.3, -0.25) is 9.59 Å². The fourth-order valence-corrected chi connectivity index (χ4v) is 2.37. The van der Waals surface area contributed by atoms with Gasteiger partial charge in [0.25, 0.3) is 11.8 Å². The highest BCUT2D eigenvalue weighted by Crippen LogP contribution is 2.18. The molecule has 0 aliphatic heterocycles. The number of amides is 2. The summed E-state index contributed by atoms with van der Waals surface area (Å²) in [6, 6.07) is 11.9. The van der Waals surface area contributed by atoms with Crippen molar-refractivity contribution >= 4 is 28.5 Å². The van der Waals surface area contributed by atoms with Crippen molar-refractivity contribution in [3.05, 3.63) is 59.4 Å². The number of H-pyrrole nitrogens is 1. The van der Waals surface area contributed by atoms with E-state index in [-0.39, 0.29) is 11.5 Å². The molecule has 23 heavy (non-hydrogen) atoms. The monoisotopic (exact) mass is 308 g/mol. The topological polar surface area (TPSA) is 101 Å². The number of carbonyl (C=O) groups excluding carboxylic acids is 2. The molecule has 6 heteroatoms. The number of imidazole rings is 1. The number of benzene rings is 2. The number of fused-ring (bicyclic) bond motifs is 1. The molecule has 6 nitrogen and oxygen atoms in total. The molecular formula is C17H16N4O2. The van der Waals surface area contributed by atoms with Crippen molar-refractivity contribution in [2.24, 2.45) is 5.73 Å². The zero-order chi connectivity index (χ0) is 16.4. The summed E-state index contributed by atoms with van der Waals surface area (Å²) >= 11 is 0. The van der Waals surface area contributed by atoms with Crippen LogP contribution in [0.15, 0.2) is 42.5 Å². The number of aromatic amines is 1. The minimum absolute atomic E-state index is 0.275. The molecule has 1 heterocycles. The highest BCUT2D eigenvalue weighted by Gasteiger charge is 2.13. The first-order valence-corrected chi connectivity index (χ1v) is 7.27. The number of hydrogen-bond donors (Lipinski definition) is 3. The molecule has 0 atom stereocenters. The summed E-state index contributed by atoms with van der Waals surface area (Å²) in [5, 5.41) is 2.72. The van der Waals surface area contributed by atoms with Crippen LogP contribution < -0.4 is 11.1 Å². The van der Waals surface area contributed by atoms with Gasteiger partial charge in [0, 0.05) is 12.0 Å². The lowest BCUT2D eigenvalue weighted by Gasteiger charge is -2.08. The molecule has 0 spiro atoms. The van der Waals surface area contributed by atoms with E-state index in [1.54, 1.807) is 42.5 Å². The number of aryl methyl sites for hydroxylation is 1. The number of rotatable bonds is 4. The van der Waals surface area contributed by atoms with Crippen LogP contribution in [0.1, 0.15) is 33.5 Å². The van der Waals surface area contributed by atoms with E-state index in [0.29, 0.717) is 11.3 Å². The van der Waals surface area contributed by atoms with Crippen LogP contribution in [-0.4, -0.2) is 21.8 Å².